The van der Waals surface area contributed by atoms with Gasteiger partial charge in [0.2, 0.25) is 5.91 Å². The van der Waals surface area contributed by atoms with E-state index in [1.54, 1.807) is 0 Å². The second-order valence-corrected chi connectivity index (χ2v) is 3.58. The van der Waals surface area contributed by atoms with Crippen LogP contribution in [0.2, 0.25) is 0 Å². The first kappa shape index (κ1) is 11.9. The molecule has 0 bridgehead atoms. The van der Waals surface area contributed by atoms with Gasteiger partial charge in [-0.3, -0.25) is 4.79 Å². The normalized spacial score (nSPS) is 25.3. The summed E-state index contributed by atoms with van der Waals surface area (Å²) in [5, 5.41) is 11.7. The number of hydrogen-bond donors (Lipinski definition) is 3. The van der Waals surface area contributed by atoms with Crippen molar-refractivity contribution in [2.75, 3.05) is 13.1 Å². The van der Waals surface area contributed by atoms with E-state index in [9.17, 15) is 9.59 Å². The van der Waals surface area contributed by atoms with Crippen LogP contribution in [-0.2, 0) is 14.3 Å². The Morgan fingerprint density at radius 3 is 2.73 bits per heavy atom. The van der Waals surface area contributed by atoms with Crippen LogP contribution in [0.1, 0.15) is 19.3 Å². The molecule has 2 atom stereocenters. The molecule has 1 aliphatic heterocycles. The zero-order valence-electron chi connectivity index (χ0n) is 8.44. The molecule has 1 amide bonds. The Hall–Kier alpha value is -1.14. The van der Waals surface area contributed by atoms with Gasteiger partial charge in [0, 0.05) is 19.5 Å². The second kappa shape index (κ2) is 5.67. The number of primary amides is 1. The van der Waals surface area contributed by atoms with Crippen LogP contribution in [0.5, 0.6) is 0 Å². The highest BCUT2D eigenvalue weighted by Gasteiger charge is 2.29. The standard InChI is InChI=1S/C9H16N2O4/c10-8(12)3-4-11-5-6-1-2-7(15-6)9(13)14/h6-7,11H,1-5H2,(H2,10,12)(H,13,14). The molecule has 1 aliphatic rings. The van der Waals surface area contributed by atoms with Gasteiger partial charge >= 0.3 is 5.97 Å². The third-order valence-corrected chi connectivity index (χ3v) is 2.30. The summed E-state index contributed by atoms with van der Waals surface area (Å²) < 4.78 is 5.25. The highest BCUT2D eigenvalue weighted by molar-refractivity contribution is 5.73. The summed E-state index contributed by atoms with van der Waals surface area (Å²) in [4.78, 5) is 21.0. The van der Waals surface area contributed by atoms with Gasteiger partial charge in [-0.1, -0.05) is 0 Å². The minimum absolute atomic E-state index is 0.0704. The van der Waals surface area contributed by atoms with Gasteiger partial charge in [0.15, 0.2) is 6.10 Å². The van der Waals surface area contributed by atoms with E-state index in [1.165, 1.54) is 0 Å². The lowest BCUT2D eigenvalue weighted by Crippen LogP contribution is -2.31. The molecule has 6 nitrogen and oxygen atoms in total. The first-order chi connectivity index (χ1) is 7.09. The Morgan fingerprint density at radius 1 is 1.47 bits per heavy atom. The fourth-order valence-electron chi connectivity index (χ4n) is 1.51. The van der Waals surface area contributed by atoms with Gasteiger partial charge < -0.3 is 20.9 Å². The van der Waals surface area contributed by atoms with E-state index in [0.29, 0.717) is 19.5 Å². The van der Waals surface area contributed by atoms with E-state index in [1.807, 2.05) is 0 Å². The molecule has 0 aliphatic carbocycles. The molecule has 1 rings (SSSR count). The molecule has 1 fully saturated rings. The summed E-state index contributed by atoms with van der Waals surface area (Å²) in [6.07, 6.45) is 0.833. The molecule has 0 spiro atoms. The highest BCUT2D eigenvalue weighted by atomic mass is 16.5. The van der Waals surface area contributed by atoms with Crippen molar-refractivity contribution < 1.29 is 19.4 Å². The van der Waals surface area contributed by atoms with Crippen LogP contribution in [0.15, 0.2) is 0 Å². The number of nitrogens with two attached hydrogens (primary N) is 1. The van der Waals surface area contributed by atoms with E-state index in [4.69, 9.17) is 15.6 Å². The van der Waals surface area contributed by atoms with Crippen molar-refractivity contribution in [1.82, 2.24) is 5.32 Å². The molecule has 0 saturated carbocycles. The van der Waals surface area contributed by atoms with Gasteiger partial charge in [0.25, 0.3) is 0 Å². The minimum atomic E-state index is -0.908. The van der Waals surface area contributed by atoms with Crippen LogP contribution in [0.3, 0.4) is 0 Å². The summed E-state index contributed by atoms with van der Waals surface area (Å²) >= 11 is 0. The van der Waals surface area contributed by atoms with Crippen LogP contribution in [0, 0.1) is 0 Å². The van der Waals surface area contributed by atoms with Crippen LogP contribution >= 0.6 is 0 Å². The molecule has 86 valence electrons. The Kier molecular flexibility index (Phi) is 4.51. The van der Waals surface area contributed by atoms with Crippen molar-refractivity contribution in [1.29, 1.82) is 0 Å². The number of ether oxygens (including phenoxy) is 1. The minimum Gasteiger partial charge on any atom is -0.479 e. The Labute approximate surface area is 87.8 Å². The highest BCUT2D eigenvalue weighted by Crippen LogP contribution is 2.18. The zero-order chi connectivity index (χ0) is 11.3. The van der Waals surface area contributed by atoms with Gasteiger partial charge in [0.1, 0.15) is 0 Å². The lowest BCUT2D eigenvalue weighted by molar-refractivity contribution is -0.149. The Bertz CT molecular complexity index is 244. The number of aliphatic carboxylic acids is 1. The van der Waals surface area contributed by atoms with Gasteiger partial charge in [-0.2, -0.15) is 0 Å². The maximum absolute atomic E-state index is 10.6. The largest absolute Gasteiger partial charge is 0.479 e. The quantitative estimate of drug-likeness (QED) is 0.498. The van der Waals surface area contributed by atoms with E-state index < -0.39 is 12.1 Å². The monoisotopic (exact) mass is 216 g/mol. The fourth-order valence-corrected chi connectivity index (χ4v) is 1.51. The molecule has 4 N–H and O–H groups in total. The molecule has 1 heterocycles. The van der Waals surface area contributed by atoms with Crippen molar-refractivity contribution in [2.45, 2.75) is 31.5 Å². The predicted molar refractivity (Wildman–Crippen MR) is 52.2 cm³/mol. The number of hydrogen-bond acceptors (Lipinski definition) is 4. The number of amides is 1. The third kappa shape index (κ3) is 4.26. The topological polar surface area (TPSA) is 102 Å². The number of carbonyl (C=O) groups excluding carboxylic acids is 1. The van der Waals surface area contributed by atoms with E-state index in [-0.39, 0.29) is 18.4 Å². The predicted octanol–water partition coefficient (Wildman–Crippen LogP) is -0.916. The first-order valence-electron chi connectivity index (χ1n) is 4.97. The molecular formula is C9H16N2O4. The van der Waals surface area contributed by atoms with Crippen LogP contribution in [-0.4, -0.2) is 42.3 Å². The molecule has 0 aromatic carbocycles. The van der Waals surface area contributed by atoms with Crippen LogP contribution in [0.25, 0.3) is 0 Å². The molecule has 1 saturated heterocycles. The van der Waals surface area contributed by atoms with Crippen molar-refractivity contribution in [2.24, 2.45) is 5.73 Å². The lowest BCUT2D eigenvalue weighted by atomic mass is 10.2. The maximum Gasteiger partial charge on any atom is 0.332 e. The van der Waals surface area contributed by atoms with Crippen LogP contribution in [0.4, 0.5) is 0 Å². The van der Waals surface area contributed by atoms with Gasteiger partial charge in [0.05, 0.1) is 6.10 Å². The van der Waals surface area contributed by atoms with Crippen LogP contribution < -0.4 is 11.1 Å². The lowest BCUT2D eigenvalue weighted by Gasteiger charge is -2.11. The summed E-state index contributed by atoms with van der Waals surface area (Å²) in [6, 6.07) is 0. The molecule has 2 unspecified atom stereocenters. The number of nitrogens with one attached hydrogen (secondary N) is 1. The smallest absolute Gasteiger partial charge is 0.332 e. The van der Waals surface area contributed by atoms with Gasteiger partial charge in [-0.25, -0.2) is 4.79 Å². The molecule has 15 heavy (non-hydrogen) atoms. The maximum atomic E-state index is 10.6. The summed E-state index contributed by atoms with van der Waals surface area (Å²) in [7, 11) is 0. The van der Waals surface area contributed by atoms with E-state index >= 15 is 0 Å². The second-order valence-electron chi connectivity index (χ2n) is 3.58. The number of rotatable bonds is 6. The average Bonchev–Trinajstić information content (AvgIpc) is 2.60. The molecule has 0 radical (unpaired) electrons. The zero-order valence-corrected chi connectivity index (χ0v) is 8.44. The first-order valence-corrected chi connectivity index (χ1v) is 4.97. The van der Waals surface area contributed by atoms with Crippen molar-refractivity contribution >= 4 is 11.9 Å². The average molecular weight is 216 g/mol. The van der Waals surface area contributed by atoms with E-state index in [0.717, 1.165) is 6.42 Å². The number of carboxylic acid groups (broad SMARTS) is 1. The van der Waals surface area contributed by atoms with E-state index in [2.05, 4.69) is 5.32 Å². The molecule has 0 aromatic heterocycles. The molecule has 0 aromatic rings. The SMILES string of the molecule is NC(=O)CCNCC1CCC(C(=O)O)O1. The molecular weight excluding hydrogens is 200 g/mol. The van der Waals surface area contributed by atoms with Gasteiger partial charge in [-0.05, 0) is 12.8 Å². The number of carbonyl (C=O) groups is 2. The number of carboxylic acids is 1. The Balaban J connectivity index is 2.09. The van der Waals surface area contributed by atoms with Gasteiger partial charge in [-0.15, -0.1) is 0 Å². The summed E-state index contributed by atoms with van der Waals surface area (Å²) in [6.45, 7) is 1.07. The summed E-state index contributed by atoms with van der Waals surface area (Å²) in [5.41, 5.74) is 4.96. The van der Waals surface area contributed by atoms with Crippen molar-refractivity contribution in [3.63, 3.8) is 0 Å². The van der Waals surface area contributed by atoms with Crippen molar-refractivity contribution in [3.8, 4) is 0 Å². The fraction of sp³-hybridized carbons (Fsp3) is 0.778. The Morgan fingerprint density at radius 2 is 2.20 bits per heavy atom. The third-order valence-electron chi connectivity index (χ3n) is 2.30. The summed E-state index contributed by atoms with van der Waals surface area (Å²) in [5.74, 6) is -1.26. The van der Waals surface area contributed by atoms with Crippen molar-refractivity contribution in [3.05, 3.63) is 0 Å². The molecule has 6 heteroatoms.